The summed E-state index contributed by atoms with van der Waals surface area (Å²) in [5.74, 6) is 3.61. The minimum absolute atomic E-state index is 0.325. The zero-order valence-corrected chi connectivity index (χ0v) is 20.1. The Morgan fingerprint density at radius 2 is 1.60 bits per heavy atom. The van der Waals surface area contributed by atoms with Crippen LogP contribution in [0.15, 0.2) is 24.3 Å². The smallest absolute Gasteiger partial charge is 0.272 e. The van der Waals surface area contributed by atoms with Crippen LogP contribution in [-0.4, -0.2) is 21.8 Å². The predicted octanol–water partition coefficient (Wildman–Crippen LogP) is 7.90. The zero-order chi connectivity index (χ0) is 21.2. The van der Waals surface area contributed by atoms with Crippen LogP contribution in [0.4, 0.5) is 8.78 Å². The number of unbranched alkanes of at least 4 members (excludes halogenated alkanes) is 1. The van der Waals surface area contributed by atoms with Crippen LogP contribution in [0.5, 0.6) is 5.75 Å². The van der Waals surface area contributed by atoms with Crippen LogP contribution in [0, 0.1) is 17.8 Å². The molecule has 0 amide bonds. The van der Waals surface area contributed by atoms with E-state index in [2.05, 4.69) is 6.92 Å². The summed E-state index contributed by atoms with van der Waals surface area (Å²) < 4.78 is 29.4. The van der Waals surface area contributed by atoms with E-state index in [1.807, 2.05) is 24.3 Å². The Morgan fingerprint density at radius 1 is 0.933 bits per heavy atom. The van der Waals surface area contributed by atoms with Crippen LogP contribution >= 0.6 is 0 Å². The van der Waals surface area contributed by atoms with Crippen molar-refractivity contribution >= 4 is 8.80 Å². The van der Waals surface area contributed by atoms with Crippen LogP contribution in [-0.2, 0) is 6.42 Å². The highest BCUT2D eigenvalue weighted by atomic mass is 28.3. The number of ether oxygens (including phenoxy) is 1. The van der Waals surface area contributed by atoms with Gasteiger partial charge < -0.3 is 4.74 Å². The summed E-state index contributed by atoms with van der Waals surface area (Å²) in [4.78, 5) is 0. The van der Waals surface area contributed by atoms with E-state index in [0.717, 1.165) is 24.2 Å². The van der Waals surface area contributed by atoms with E-state index in [-0.39, 0.29) is 8.80 Å². The Bertz CT molecular complexity index is 575. The van der Waals surface area contributed by atoms with Gasteiger partial charge in [-0.05, 0) is 61.1 Å². The topological polar surface area (TPSA) is 9.23 Å². The quantitative estimate of drug-likeness (QED) is 0.253. The number of rotatable bonds is 11. The highest BCUT2D eigenvalue weighted by Crippen LogP contribution is 2.42. The Morgan fingerprint density at radius 3 is 2.23 bits per heavy atom. The predicted molar refractivity (Wildman–Crippen MR) is 126 cm³/mol. The zero-order valence-electron chi connectivity index (χ0n) is 19.0. The molecule has 1 saturated heterocycles. The Balaban J connectivity index is 1.26. The summed E-state index contributed by atoms with van der Waals surface area (Å²) in [5, 5.41) is 0. The van der Waals surface area contributed by atoms with Crippen molar-refractivity contribution in [2.45, 2.75) is 102 Å². The molecule has 1 saturated carbocycles. The third-order valence-electron chi connectivity index (χ3n) is 7.77. The van der Waals surface area contributed by atoms with Gasteiger partial charge in [0.05, 0.1) is 0 Å². The minimum atomic E-state index is -2.41. The average molecular weight is 437 g/mol. The first kappa shape index (κ1) is 23.8. The van der Waals surface area contributed by atoms with Gasteiger partial charge in [-0.15, -0.1) is 0 Å². The SMILES string of the molecule is CCC[SiH]1CCC(C2CCC(CCCCc3ccc(OCC(F)F)cc3)CC2)CC1. The van der Waals surface area contributed by atoms with Gasteiger partial charge in [0.2, 0.25) is 0 Å². The lowest BCUT2D eigenvalue weighted by atomic mass is 9.73. The molecule has 0 N–H and O–H groups in total. The van der Waals surface area contributed by atoms with Gasteiger partial charge in [0.25, 0.3) is 6.43 Å². The van der Waals surface area contributed by atoms with E-state index < -0.39 is 13.0 Å². The summed E-state index contributed by atoms with van der Waals surface area (Å²) in [6.07, 6.45) is 13.1. The number of alkyl halides is 2. The van der Waals surface area contributed by atoms with E-state index in [1.165, 1.54) is 56.9 Å². The van der Waals surface area contributed by atoms with Gasteiger partial charge >= 0.3 is 0 Å². The lowest BCUT2D eigenvalue weighted by Crippen LogP contribution is -2.28. The van der Waals surface area contributed by atoms with Crippen molar-refractivity contribution < 1.29 is 13.5 Å². The summed E-state index contributed by atoms with van der Waals surface area (Å²) >= 11 is 0. The summed E-state index contributed by atoms with van der Waals surface area (Å²) in [6.45, 7) is 1.84. The summed E-state index contributed by atoms with van der Waals surface area (Å²) in [7, 11) is -0.325. The maximum atomic E-state index is 12.2. The molecule has 30 heavy (non-hydrogen) atoms. The van der Waals surface area contributed by atoms with Crippen molar-refractivity contribution in [2.24, 2.45) is 17.8 Å². The minimum Gasteiger partial charge on any atom is -0.488 e. The maximum Gasteiger partial charge on any atom is 0.272 e. The fraction of sp³-hybridized carbons (Fsp3) is 0.769. The second-order valence-electron chi connectivity index (χ2n) is 9.94. The van der Waals surface area contributed by atoms with Gasteiger partial charge in [-0.1, -0.05) is 82.1 Å². The third kappa shape index (κ3) is 7.98. The summed E-state index contributed by atoms with van der Waals surface area (Å²) in [6, 6.07) is 12.5. The van der Waals surface area contributed by atoms with Crippen LogP contribution in [0.2, 0.25) is 18.1 Å². The first-order valence-corrected chi connectivity index (χ1v) is 15.1. The Kier molecular flexibility index (Phi) is 10.2. The van der Waals surface area contributed by atoms with Crippen LogP contribution in [0.25, 0.3) is 0 Å². The fourth-order valence-corrected chi connectivity index (χ4v) is 9.46. The molecular formula is C26H42F2OSi. The number of benzene rings is 1. The molecule has 1 aromatic carbocycles. The molecule has 4 heteroatoms. The molecule has 0 radical (unpaired) electrons. The van der Waals surface area contributed by atoms with E-state index >= 15 is 0 Å². The first-order valence-electron chi connectivity index (χ1n) is 12.6. The van der Waals surface area contributed by atoms with Crippen LogP contribution < -0.4 is 4.74 Å². The first-order chi connectivity index (χ1) is 14.6. The lowest BCUT2D eigenvalue weighted by Gasteiger charge is -2.37. The molecular weight excluding hydrogens is 394 g/mol. The van der Waals surface area contributed by atoms with Crippen molar-refractivity contribution in [3.63, 3.8) is 0 Å². The molecule has 1 aromatic rings. The van der Waals surface area contributed by atoms with E-state index in [0.29, 0.717) is 5.75 Å². The molecule has 1 aliphatic carbocycles. The Hall–Kier alpha value is -0.903. The number of halogens is 2. The van der Waals surface area contributed by atoms with E-state index in [1.54, 1.807) is 31.0 Å². The van der Waals surface area contributed by atoms with Gasteiger partial charge in [-0.25, -0.2) is 8.78 Å². The molecule has 2 fully saturated rings. The maximum absolute atomic E-state index is 12.2. The molecule has 1 heterocycles. The second kappa shape index (κ2) is 12.8. The molecule has 0 unspecified atom stereocenters. The highest BCUT2D eigenvalue weighted by Gasteiger charge is 2.30. The summed E-state index contributed by atoms with van der Waals surface area (Å²) in [5.41, 5.74) is 1.28. The normalized spacial score (nSPS) is 27.3. The molecule has 0 bridgehead atoms. The molecule has 1 aliphatic heterocycles. The van der Waals surface area contributed by atoms with Gasteiger partial charge in [-0.2, -0.15) is 0 Å². The van der Waals surface area contributed by atoms with Crippen molar-refractivity contribution in [3.8, 4) is 5.75 Å². The van der Waals surface area contributed by atoms with Gasteiger partial charge in [0.15, 0.2) is 0 Å². The van der Waals surface area contributed by atoms with Crippen molar-refractivity contribution in [1.82, 2.24) is 0 Å². The van der Waals surface area contributed by atoms with Crippen molar-refractivity contribution in [1.29, 1.82) is 0 Å². The highest BCUT2D eigenvalue weighted by molar-refractivity contribution is 6.58. The van der Waals surface area contributed by atoms with Crippen LogP contribution in [0.1, 0.15) is 76.7 Å². The van der Waals surface area contributed by atoms with Gasteiger partial charge in [0, 0.05) is 8.80 Å². The van der Waals surface area contributed by atoms with Gasteiger partial charge in [0.1, 0.15) is 12.4 Å². The molecule has 170 valence electrons. The van der Waals surface area contributed by atoms with E-state index in [4.69, 9.17) is 4.74 Å². The van der Waals surface area contributed by atoms with E-state index in [9.17, 15) is 8.78 Å². The molecule has 0 aromatic heterocycles. The lowest BCUT2D eigenvalue weighted by molar-refractivity contribution is 0.0819. The number of aryl methyl sites for hydroxylation is 1. The third-order valence-corrected chi connectivity index (χ3v) is 11.5. The average Bonchev–Trinajstić information content (AvgIpc) is 2.77. The van der Waals surface area contributed by atoms with Gasteiger partial charge in [-0.3, -0.25) is 0 Å². The number of hydrogen-bond donors (Lipinski definition) is 0. The second-order valence-corrected chi connectivity index (χ2v) is 13.4. The standard InChI is InChI=1S/C26H42F2OSi/c1-2-17-30-18-15-24(16-19-30)23-11-7-21(8-12-23)5-3-4-6-22-9-13-25(14-10-22)29-20-26(27)28/h9-10,13-14,21,23-24,26,30H,2-8,11-12,15-20H2,1H3. The Labute approximate surface area is 184 Å². The molecule has 0 spiro atoms. The monoisotopic (exact) mass is 436 g/mol. The fourth-order valence-electron chi connectivity index (χ4n) is 5.98. The number of hydrogen-bond acceptors (Lipinski definition) is 1. The van der Waals surface area contributed by atoms with Crippen molar-refractivity contribution in [3.05, 3.63) is 29.8 Å². The van der Waals surface area contributed by atoms with Crippen molar-refractivity contribution in [2.75, 3.05) is 6.61 Å². The molecule has 0 atom stereocenters. The molecule has 3 rings (SSSR count). The van der Waals surface area contributed by atoms with Crippen LogP contribution in [0.3, 0.4) is 0 Å². The molecule has 2 aliphatic rings. The largest absolute Gasteiger partial charge is 0.488 e. The molecule has 1 nitrogen and oxygen atoms in total.